The average Bonchev–Trinajstić information content (AvgIpc) is 2.23. The van der Waals surface area contributed by atoms with Gasteiger partial charge in [-0.3, -0.25) is 0 Å². The van der Waals surface area contributed by atoms with Crippen molar-refractivity contribution in [2.75, 3.05) is 11.1 Å². The molecule has 1 rings (SSSR count). The lowest BCUT2D eigenvalue weighted by Crippen LogP contribution is -2.23. The van der Waals surface area contributed by atoms with E-state index >= 15 is 0 Å². The van der Waals surface area contributed by atoms with Crippen LogP contribution < -0.4 is 15.8 Å². The number of nitrogen functional groups attached to an aromatic ring is 1. The smallest absolute Gasteiger partial charge is 0.242 e. The lowest BCUT2D eigenvalue weighted by Gasteiger charge is -2.20. The van der Waals surface area contributed by atoms with Crippen molar-refractivity contribution in [1.82, 2.24) is 9.97 Å². The van der Waals surface area contributed by atoms with Crippen LogP contribution in [0.5, 0.6) is 5.88 Å². The number of rotatable bonds is 5. The van der Waals surface area contributed by atoms with Gasteiger partial charge >= 0.3 is 0 Å². The Morgan fingerprint density at radius 3 is 2.35 bits per heavy atom. The minimum absolute atomic E-state index is 0.0440. The summed E-state index contributed by atoms with van der Waals surface area (Å²) in [6.45, 7) is 10.2. The first-order valence-corrected chi connectivity index (χ1v) is 5.95. The van der Waals surface area contributed by atoms with Crippen LogP contribution in [0.1, 0.15) is 34.6 Å². The van der Waals surface area contributed by atoms with E-state index in [0.717, 1.165) is 0 Å². The van der Waals surface area contributed by atoms with Crippen LogP contribution >= 0.6 is 0 Å². The van der Waals surface area contributed by atoms with Crippen molar-refractivity contribution < 1.29 is 4.74 Å². The number of hydrogen-bond acceptors (Lipinski definition) is 5. The lowest BCUT2D eigenvalue weighted by atomic mass is 10.1. The highest BCUT2D eigenvalue weighted by Gasteiger charge is 2.14. The van der Waals surface area contributed by atoms with Crippen LogP contribution in [-0.4, -0.2) is 22.1 Å². The molecule has 1 atom stereocenters. The molecular formula is C12H22N4O. The third-order valence-electron chi connectivity index (χ3n) is 2.56. The Morgan fingerprint density at radius 1 is 1.18 bits per heavy atom. The van der Waals surface area contributed by atoms with E-state index < -0.39 is 0 Å². The number of nitrogens with zero attached hydrogens (tertiary/aromatic N) is 2. The summed E-state index contributed by atoms with van der Waals surface area (Å²) in [4.78, 5) is 8.17. The Bertz CT molecular complexity index is 366. The summed E-state index contributed by atoms with van der Waals surface area (Å²) < 4.78 is 5.51. The molecule has 0 aliphatic heterocycles. The SMILES string of the molecule is CC(C)Oc1ncnc(NC(C)C(C)C)c1N. The second kappa shape index (κ2) is 5.70. The summed E-state index contributed by atoms with van der Waals surface area (Å²) in [7, 11) is 0. The average molecular weight is 238 g/mol. The molecular weight excluding hydrogens is 216 g/mol. The standard InChI is InChI=1S/C12H22N4O/c1-7(2)9(5)16-11-10(13)12(15-6-14-11)17-8(3)4/h6-9H,13H2,1-5H3,(H,14,15,16). The van der Waals surface area contributed by atoms with E-state index in [1.54, 1.807) is 0 Å². The molecule has 1 aromatic rings. The molecule has 0 aliphatic carbocycles. The van der Waals surface area contributed by atoms with Crippen molar-refractivity contribution >= 4 is 11.5 Å². The van der Waals surface area contributed by atoms with E-state index in [0.29, 0.717) is 29.3 Å². The van der Waals surface area contributed by atoms with E-state index in [-0.39, 0.29) is 6.10 Å². The van der Waals surface area contributed by atoms with Crippen LogP contribution in [0.4, 0.5) is 11.5 Å². The highest BCUT2D eigenvalue weighted by atomic mass is 16.5. The largest absolute Gasteiger partial charge is 0.473 e. The number of ether oxygens (including phenoxy) is 1. The van der Waals surface area contributed by atoms with Gasteiger partial charge in [0.1, 0.15) is 12.0 Å². The van der Waals surface area contributed by atoms with Crippen molar-refractivity contribution in [3.05, 3.63) is 6.33 Å². The van der Waals surface area contributed by atoms with E-state index in [4.69, 9.17) is 10.5 Å². The maximum absolute atomic E-state index is 5.97. The number of aromatic nitrogens is 2. The normalized spacial score (nSPS) is 12.9. The van der Waals surface area contributed by atoms with E-state index in [2.05, 4.69) is 36.1 Å². The highest BCUT2D eigenvalue weighted by Crippen LogP contribution is 2.26. The molecule has 3 N–H and O–H groups in total. The zero-order valence-corrected chi connectivity index (χ0v) is 11.2. The van der Waals surface area contributed by atoms with Crippen molar-refractivity contribution in [1.29, 1.82) is 0 Å². The molecule has 0 saturated heterocycles. The Morgan fingerprint density at radius 2 is 1.82 bits per heavy atom. The molecule has 0 amide bonds. The van der Waals surface area contributed by atoms with E-state index in [1.807, 2.05) is 13.8 Å². The van der Waals surface area contributed by atoms with Gasteiger partial charge in [-0.15, -0.1) is 0 Å². The molecule has 0 aromatic carbocycles. The molecule has 0 saturated carbocycles. The van der Waals surface area contributed by atoms with Crippen molar-refractivity contribution in [2.45, 2.75) is 46.8 Å². The first kappa shape index (κ1) is 13.5. The first-order valence-electron chi connectivity index (χ1n) is 5.95. The minimum atomic E-state index is 0.0440. The number of hydrogen-bond donors (Lipinski definition) is 2. The zero-order valence-electron chi connectivity index (χ0n) is 11.2. The fourth-order valence-electron chi connectivity index (χ4n) is 1.19. The van der Waals surface area contributed by atoms with Gasteiger partial charge < -0.3 is 15.8 Å². The van der Waals surface area contributed by atoms with Crippen LogP contribution in [-0.2, 0) is 0 Å². The predicted octanol–water partition coefficient (Wildman–Crippen LogP) is 2.30. The molecule has 0 fully saturated rings. The second-order valence-corrected chi connectivity index (χ2v) is 4.78. The maximum atomic E-state index is 5.97. The first-order chi connectivity index (χ1) is 7.91. The molecule has 0 aliphatic rings. The van der Waals surface area contributed by atoms with Gasteiger partial charge in [-0.25, -0.2) is 4.98 Å². The summed E-state index contributed by atoms with van der Waals surface area (Å²) in [5.41, 5.74) is 6.43. The quantitative estimate of drug-likeness (QED) is 0.823. The summed E-state index contributed by atoms with van der Waals surface area (Å²) in [6.07, 6.45) is 1.51. The summed E-state index contributed by atoms with van der Waals surface area (Å²) in [6, 6.07) is 0.291. The van der Waals surface area contributed by atoms with Gasteiger partial charge in [0.2, 0.25) is 5.88 Å². The van der Waals surface area contributed by atoms with Gasteiger partial charge in [0, 0.05) is 6.04 Å². The molecule has 17 heavy (non-hydrogen) atoms. The van der Waals surface area contributed by atoms with E-state index in [1.165, 1.54) is 6.33 Å². The van der Waals surface area contributed by atoms with Gasteiger partial charge in [0.25, 0.3) is 0 Å². The van der Waals surface area contributed by atoms with Gasteiger partial charge in [-0.2, -0.15) is 4.98 Å². The fourth-order valence-corrected chi connectivity index (χ4v) is 1.19. The Balaban J connectivity index is 2.86. The monoisotopic (exact) mass is 238 g/mol. The molecule has 0 radical (unpaired) electrons. The molecule has 1 heterocycles. The summed E-state index contributed by atoms with van der Waals surface area (Å²) >= 11 is 0. The summed E-state index contributed by atoms with van der Waals surface area (Å²) in [5.74, 6) is 1.57. The number of anilines is 2. The third-order valence-corrected chi connectivity index (χ3v) is 2.56. The molecule has 96 valence electrons. The Labute approximate surface area is 103 Å². The van der Waals surface area contributed by atoms with Crippen LogP contribution in [0, 0.1) is 5.92 Å². The van der Waals surface area contributed by atoms with Crippen LogP contribution in [0.25, 0.3) is 0 Å². The predicted molar refractivity (Wildman–Crippen MR) is 70.1 cm³/mol. The van der Waals surface area contributed by atoms with Gasteiger partial charge in [0.15, 0.2) is 5.82 Å². The molecule has 0 bridgehead atoms. The topological polar surface area (TPSA) is 73.1 Å². The van der Waals surface area contributed by atoms with Crippen molar-refractivity contribution in [2.24, 2.45) is 5.92 Å². The Hall–Kier alpha value is -1.52. The van der Waals surface area contributed by atoms with Gasteiger partial charge in [-0.1, -0.05) is 13.8 Å². The zero-order chi connectivity index (χ0) is 13.0. The van der Waals surface area contributed by atoms with Crippen LogP contribution in [0.3, 0.4) is 0 Å². The molecule has 1 aromatic heterocycles. The van der Waals surface area contributed by atoms with Gasteiger partial charge in [-0.05, 0) is 26.7 Å². The third kappa shape index (κ3) is 3.76. The van der Waals surface area contributed by atoms with E-state index in [9.17, 15) is 0 Å². The molecule has 0 spiro atoms. The molecule has 5 heteroatoms. The number of nitrogens with one attached hydrogen (secondary N) is 1. The molecule has 1 unspecified atom stereocenters. The van der Waals surface area contributed by atoms with Gasteiger partial charge in [0.05, 0.1) is 6.10 Å². The number of nitrogens with two attached hydrogens (primary N) is 1. The second-order valence-electron chi connectivity index (χ2n) is 4.78. The van der Waals surface area contributed by atoms with Crippen molar-refractivity contribution in [3.8, 4) is 5.88 Å². The minimum Gasteiger partial charge on any atom is -0.473 e. The van der Waals surface area contributed by atoms with Crippen LogP contribution in [0.2, 0.25) is 0 Å². The fraction of sp³-hybridized carbons (Fsp3) is 0.667. The Kier molecular flexibility index (Phi) is 4.54. The van der Waals surface area contributed by atoms with Crippen molar-refractivity contribution in [3.63, 3.8) is 0 Å². The lowest BCUT2D eigenvalue weighted by molar-refractivity contribution is 0.234. The highest BCUT2D eigenvalue weighted by molar-refractivity contribution is 5.66. The molecule has 5 nitrogen and oxygen atoms in total. The maximum Gasteiger partial charge on any atom is 0.242 e. The summed E-state index contributed by atoms with van der Waals surface area (Å²) in [5, 5.41) is 3.27. The van der Waals surface area contributed by atoms with Crippen LogP contribution in [0.15, 0.2) is 6.33 Å².